The Bertz CT molecular complexity index is 915. The molecule has 0 fully saturated rings. The van der Waals surface area contributed by atoms with Crippen LogP contribution in [0.5, 0.6) is 0 Å². The van der Waals surface area contributed by atoms with E-state index in [0.717, 1.165) is 0 Å². The number of hydrogen-bond donors (Lipinski definition) is 1. The number of amidine groups is 1. The molecule has 0 spiro atoms. The number of esters is 1. The number of carbonyl (C=O) groups is 1. The van der Waals surface area contributed by atoms with Crippen molar-refractivity contribution < 1.29 is 18.3 Å². The van der Waals surface area contributed by atoms with E-state index >= 15 is 0 Å². The maximum atomic E-state index is 14.1. The van der Waals surface area contributed by atoms with Gasteiger partial charge in [-0.15, -0.1) is 0 Å². The quantitative estimate of drug-likeness (QED) is 0.849. The van der Waals surface area contributed by atoms with Crippen molar-refractivity contribution in [3.05, 3.63) is 64.3 Å². The number of nitrogens with one attached hydrogen (secondary N) is 1. The van der Waals surface area contributed by atoms with E-state index in [1.165, 1.54) is 12.5 Å². The highest BCUT2D eigenvalue weighted by Gasteiger charge is 2.32. The predicted octanol–water partition coefficient (Wildman–Crippen LogP) is 3.36. The average Bonchev–Trinajstić information content (AvgIpc) is 3.03. The van der Waals surface area contributed by atoms with Gasteiger partial charge in [0.2, 0.25) is 0 Å². The first-order chi connectivity index (χ1) is 12.4. The number of benzene rings is 1. The number of carbonyl (C=O) groups excluding carboxylic acids is 1. The zero-order chi connectivity index (χ0) is 18.8. The van der Waals surface area contributed by atoms with Crippen LogP contribution < -0.4 is 5.32 Å². The smallest absolute Gasteiger partial charge is 0.338 e. The molecule has 0 amide bonds. The molecule has 1 N–H and O–H groups in total. The van der Waals surface area contributed by atoms with Crippen LogP contribution in [0, 0.1) is 19.7 Å². The summed E-state index contributed by atoms with van der Waals surface area (Å²) in [6.07, 6.45) is 1.33. The maximum absolute atomic E-state index is 14.1. The van der Waals surface area contributed by atoms with Crippen molar-refractivity contribution in [3.8, 4) is 0 Å². The zero-order valence-corrected chi connectivity index (χ0v) is 15.1. The summed E-state index contributed by atoms with van der Waals surface area (Å²) in [5.41, 5.74) is 2.53. The molecule has 1 atom stereocenters. The summed E-state index contributed by atoms with van der Waals surface area (Å²) >= 11 is 0. The van der Waals surface area contributed by atoms with Crippen molar-refractivity contribution in [2.75, 3.05) is 6.61 Å². The normalized spacial score (nSPS) is 17.0. The van der Waals surface area contributed by atoms with Crippen LogP contribution in [0.2, 0.25) is 0 Å². The number of aliphatic imine (C=N–C) groups is 1. The van der Waals surface area contributed by atoms with Crippen molar-refractivity contribution in [1.29, 1.82) is 0 Å². The number of halogens is 1. The average molecular weight is 357 g/mol. The van der Waals surface area contributed by atoms with Gasteiger partial charge in [0.05, 0.1) is 12.2 Å². The second kappa shape index (κ2) is 7.11. The molecule has 6 nitrogen and oxygen atoms in total. The first kappa shape index (κ1) is 17.8. The van der Waals surface area contributed by atoms with E-state index < -0.39 is 12.0 Å². The highest BCUT2D eigenvalue weighted by atomic mass is 19.1. The summed E-state index contributed by atoms with van der Waals surface area (Å²) in [5.74, 6) is 0.232. The van der Waals surface area contributed by atoms with Crippen LogP contribution in [0.1, 0.15) is 42.5 Å². The Morgan fingerprint density at radius 1 is 1.35 bits per heavy atom. The van der Waals surface area contributed by atoms with Crippen LogP contribution in [0.15, 0.2) is 45.3 Å². The molecule has 2 aromatic rings. The molecule has 1 aliphatic heterocycles. The van der Waals surface area contributed by atoms with Gasteiger partial charge in [0.1, 0.15) is 23.3 Å². The Hall–Kier alpha value is -2.96. The van der Waals surface area contributed by atoms with Gasteiger partial charge in [-0.3, -0.25) is 4.99 Å². The van der Waals surface area contributed by atoms with Gasteiger partial charge in [-0.25, -0.2) is 14.2 Å². The Morgan fingerprint density at radius 2 is 2.12 bits per heavy atom. The molecule has 0 aliphatic carbocycles. The van der Waals surface area contributed by atoms with Gasteiger partial charge in [-0.05, 0) is 44.9 Å². The van der Waals surface area contributed by atoms with Crippen molar-refractivity contribution >= 4 is 11.8 Å². The van der Waals surface area contributed by atoms with Crippen LogP contribution in [-0.2, 0) is 9.53 Å². The third-order valence-electron chi connectivity index (χ3n) is 4.31. The lowest BCUT2D eigenvalue weighted by Crippen LogP contribution is -2.33. The number of aromatic nitrogens is 1. The van der Waals surface area contributed by atoms with E-state index in [2.05, 4.69) is 15.3 Å². The summed E-state index contributed by atoms with van der Waals surface area (Å²) in [6, 6.07) is 4.05. The van der Waals surface area contributed by atoms with Gasteiger partial charge in [0.15, 0.2) is 12.2 Å². The molecule has 0 saturated heterocycles. The Balaban J connectivity index is 2.15. The fourth-order valence-corrected chi connectivity index (χ4v) is 2.95. The molecule has 0 radical (unpaired) electrons. The molecular formula is C19H20FN3O3. The van der Waals surface area contributed by atoms with Crippen LogP contribution in [0.3, 0.4) is 0 Å². The van der Waals surface area contributed by atoms with Gasteiger partial charge in [0, 0.05) is 5.70 Å². The van der Waals surface area contributed by atoms with Crippen LogP contribution >= 0.6 is 0 Å². The first-order valence-electron chi connectivity index (χ1n) is 8.32. The molecule has 1 aromatic heterocycles. The molecule has 136 valence electrons. The minimum absolute atomic E-state index is 0.240. The van der Waals surface area contributed by atoms with Crippen molar-refractivity contribution in [1.82, 2.24) is 10.3 Å². The van der Waals surface area contributed by atoms with E-state index in [9.17, 15) is 9.18 Å². The SMILES string of the molecule is CCOC(=O)C1=C(C)NC(c2ncoc2C)=NC1c1cccc(F)c1C. The second-order valence-corrected chi connectivity index (χ2v) is 5.98. The van der Waals surface area contributed by atoms with Crippen molar-refractivity contribution in [2.45, 2.75) is 33.7 Å². The van der Waals surface area contributed by atoms with E-state index in [1.54, 1.807) is 39.8 Å². The van der Waals surface area contributed by atoms with Gasteiger partial charge < -0.3 is 14.5 Å². The number of oxazole rings is 1. The van der Waals surface area contributed by atoms with Crippen LogP contribution in [0.25, 0.3) is 0 Å². The van der Waals surface area contributed by atoms with Gasteiger partial charge in [0.25, 0.3) is 0 Å². The summed E-state index contributed by atoms with van der Waals surface area (Å²) in [7, 11) is 0. The number of ether oxygens (including phenoxy) is 1. The third-order valence-corrected chi connectivity index (χ3v) is 4.31. The zero-order valence-electron chi connectivity index (χ0n) is 15.1. The molecular weight excluding hydrogens is 337 g/mol. The molecule has 3 rings (SSSR count). The summed E-state index contributed by atoms with van der Waals surface area (Å²) in [5, 5.41) is 3.10. The maximum Gasteiger partial charge on any atom is 0.338 e. The third kappa shape index (κ3) is 3.12. The first-order valence-corrected chi connectivity index (χ1v) is 8.32. The Morgan fingerprint density at radius 3 is 2.77 bits per heavy atom. The van der Waals surface area contributed by atoms with Crippen molar-refractivity contribution in [2.24, 2.45) is 4.99 Å². The fourth-order valence-electron chi connectivity index (χ4n) is 2.95. The number of nitrogens with zero attached hydrogens (tertiary/aromatic N) is 2. The number of rotatable bonds is 4. The standard InChI is InChI=1S/C19H20FN3O3/c1-5-25-19(24)15-11(3)22-18(16-12(4)26-9-21-16)23-17(15)13-7-6-8-14(20)10(13)2/h6-9,17H,5H2,1-4H3,(H,22,23). The lowest BCUT2D eigenvalue weighted by Gasteiger charge is -2.26. The molecule has 0 bridgehead atoms. The molecule has 1 unspecified atom stereocenters. The van der Waals surface area contributed by atoms with E-state index in [-0.39, 0.29) is 12.4 Å². The van der Waals surface area contributed by atoms with Crippen LogP contribution in [0.4, 0.5) is 4.39 Å². The molecule has 0 saturated carbocycles. The van der Waals surface area contributed by atoms with Crippen molar-refractivity contribution in [3.63, 3.8) is 0 Å². The molecule has 2 heterocycles. The lowest BCUT2D eigenvalue weighted by atomic mass is 9.92. The highest BCUT2D eigenvalue weighted by molar-refractivity contribution is 6.03. The van der Waals surface area contributed by atoms with E-state index in [0.29, 0.717) is 39.7 Å². The molecule has 1 aromatic carbocycles. The lowest BCUT2D eigenvalue weighted by molar-refractivity contribution is -0.138. The largest absolute Gasteiger partial charge is 0.463 e. The monoisotopic (exact) mass is 357 g/mol. The predicted molar refractivity (Wildman–Crippen MR) is 94.1 cm³/mol. The van der Waals surface area contributed by atoms with Gasteiger partial charge >= 0.3 is 5.97 Å². The number of hydrogen-bond acceptors (Lipinski definition) is 6. The van der Waals surface area contributed by atoms with Crippen LogP contribution in [-0.4, -0.2) is 23.4 Å². The summed E-state index contributed by atoms with van der Waals surface area (Å²) < 4.78 is 24.6. The fraction of sp³-hybridized carbons (Fsp3) is 0.316. The minimum Gasteiger partial charge on any atom is -0.463 e. The topological polar surface area (TPSA) is 76.7 Å². The number of aryl methyl sites for hydroxylation is 1. The van der Waals surface area contributed by atoms with Gasteiger partial charge in [-0.2, -0.15) is 0 Å². The summed E-state index contributed by atoms with van der Waals surface area (Å²) in [4.78, 5) is 21.4. The second-order valence-electron chi connectivity index (χ2n) is 5.98. The highest BCUT2D eigenvalue weighted by Crippen LogP contribution is 2.34. The molecule has 1 aliphatic rings. The molecule has 7 heteroatoms. The van der Waals surface area contributed by atoms with E-state index in [4.69, 9.17) is 9.15 Å². The minimum atomic E-state index is -0.697. The van der Waals surface area contributed by atoms with Gasteiger partial charge in [-0.1, -0.05) is 12.1 Å². The summed E-state index contributed by atoms with van der Waals surface area (Å²) in [6.45, 7) is 7.18. The Kier molecular flexibility index (Phi) is 4.88. The number of allylic oxidation sites excluding steroid dienone is 1. The Labute approximate surface area is 150 Å². The molecule has 26 heavy (non-hydrogen) atoms. The van der Waals surface area contributed by atoms with E-state index in [1.807, 2.05) is 0 Å².